The number of anilines is 1. The molecule has 0 unspecified atom stereocenters. The number of halogens is 2. The van der Waals surface area contributed by atoms with Crippen molar-refractivity contribution in [2.24, 2.45) is 0 Å². The third kappa shape index (κ3) is 2.08. The zero-order valence-electron chi connectivity index (χ0n) is 6.98. The highest BCUT2D eigenvalue weighted by molar-refractivity contribution is 6.35. The molecule has 0 bridgehead atoms. The van der Waals surface area contributed by atoms with E-state index in [1.54, 1.807) is 12.1 Å². The Morgan fingerprint density at radius 3 is 2.69 bits per heavy atom. The molecule has 70 valence electrons. The molecule has 0 spiro atoms. The van der Waals surface area contributed by atoms with Crippen LogP contribution >= 0.6 is 23.2 Å². The van der Waals surface area contributed by atoms with Crippen LogP contribution in [0.25, 0.3) is 0 Å². The van der Waals surface area contributed by atoms with Gasteiger partial charge in [-0.2, -0.15) is 0 Å². The Morgan fingerprint density at radius 2 is 2.08 bits per heavy atom. The summed E-state index contributed by atoms with van der Waals surface area (Å²) in [6.45, 7) is 1.98. The zero-order chi connectivity index (χ0) is 9.26. The van der Waals surface area contributed by atoms with E-state index in [-0.39, 0.29) is 0 Å². The first-order chi connectivity index (χ1) is 6.25. The van der Waals surface area contributed by atoms with Crippen LogP contribution in [0.15, 0.2) is 18.2 Å². The van der Waals surface area contributed by atoms with Gasteiger partial charge in [-0.05, 0) is 18.2 Å². The number of nitrogens with one attached hydrogen (secondary N) is 2. The van der Waals surface area contributed by atoms with Crippen molar-refractivity contribution in [2.75, 3.05) is 18.4 Å². The lowest BCUT2D eigenvalue weighted by atomic mass is 10.1. The van der Waals surface area contributed by atoms with Gasteiger partial charge in [-0.1, -0.05) is 23.2 Å². The fourth-order valence-corrected chi connectivity index (χ4v) is 1.56. The largest absolute Gasteiger partial charge is 0.378 e. The first-order valence-electron chi connectivity index (χ1n) is 4.18. The van der Waals surface area contributed by atoms with Crippen LogP contribution in [-0.4, -0.2) is 19.1 Å². The van der Waals surface area contributed by atoms with E-state index in [0.717, 1.165) is 23.8 Å². The van der Waals surface area contributed by atoms with Gasteiger partial charge in [-0.3, -0.25) is 0 Å². The Kier molecular flexibility index (Phi) is 2.63. The van der Waals surface area contributed by atoms with Gasteiger partial charge in [0.1, 0.15) is 0 Å². The highest BCUT2D eigenvalue weighted by Gasteiger charge is 2.16. The third-order valence-electron chi connectivity index (χ3n) is 2.07. The van der Waals surface area contributed by atoms with Crippen molar-refractivity contribution in [1.29, 1.82) is 0 Å². The van der Waals surface area contributed by atoms with E-state index < -0.39 is 0 Å². The fourth-order valence-electron chi connectivity index (χ4n) is 1.22. The second kappa shape index (κ2) is 3.74. The molecule has 2 nitrogen and oxygen atoms in total. The summed E-state index contributed by atoms with van der Waals surface area (Å²) in [6.07, 6.45) is 0. The number of rotatable bonds is 2. The standard InChI is InChI=1S/C9H10Cl2N2/c10-6-1-2-8(11)9(3-6)13-7-4-12-5-7/h1-3,7,12-13H,4-5H2. The highest BCUT2D eigenvalue weighted by atomic mass is 35.5. The lowest BCUT2D eigenvalue weighted by molar-refractivity contribution is 0.472. The summed E-state index contributed by atoms with van der Waals surface area (Å²) in [5, 5.41) is 7.91. The van der Waals surface area contributed by atoms with Gasteiger partial charge in [0.15, 0.2) is 0 Å². The molecule has 0 aromatic heterocycles. The molecule has 1 aromatic rings. The van der Waals surface area contributed by atoms with Crippen LogP contribution in [0.5, 0.6) is 0 Å². The van der Waals surface area contributed by atoms with Crippen molar-refractivity contribution in [2.45, 2.75) is 6.04 Å². The van der Waals surface area contributed by atoms with Crippen LogP contribution in [0.1, 0.15) is 0 Å². The van der Waals surface area contributed by atoms with Crippen LogP contribution < -0.4 is 10.6 Å². The topological polar surface area (TPSA) is 24.1 Å². The minimum Gasteiger partial charge on any atom is -0.378 e. The van der Waals surface area contributed by atoms with Crippen molar-refractivity contribution < 1.29 is 0 Å². The summed E-state index contributed by atoms with van der Waals surface area (Å²) >= 11 is 11.8. The maximum absolute atomic E-state index is 5.98. The first kappa shape index (κ1) is 9.13. The molecule has 0 saturated carbocycles. The van der Waals surface area contributed by atoms with Gasteiger partial charge in [0.05, 0.1) is 16.8 Å². The third-order valence-corrected chi connectivity index (χ3v) is 2.63. The summed E-state index contributed by atoms with van der Waals surface area (Å²) in [5.41, 5.74) is 0.917. The molecule has 1 saturated heterocycles. The quantitative estimate of drug-likeness (QED) is 0.794. The second-order valence-electron chi connectivity index (χ2n) is 3.12. The molecule has 0 amide bonds. The normalized spacial score (nSPS) is 16.8. The molecule has 1 aliphatic rings. The summed E-state index contributed by atoms with van der Waals surface area (Å²) < 4.78 is 0. The smallest absolute Gasteiger partial charge is 0.0638 e. The molecule has 0 atom stereocenters. The molecule has 1 fully saturated rings. The van der Waals surface area contributed by atoms with Crippen LogP contribution in [-0.2, 0) is 0 Å². The Labute approximate surface area is 87.2 Å². The summed E-state index contributed by atoms with van der Waals surface area (Å²) in [4.78, 5) is 0. The van der Waals surface area contributed by atoms with Crippen molar-refractivity contribution in [3.63, 3.8) is 0 Å². The van der Waals surface area contributed by atoms with E-state index in [4.69, 9.17) is 23.2 Å². The van der Waals surface area contributed by atoms with E-state index in [0.29, 0.717) is 11.1 Å². The van der Waals surface area contributed by atoms with Gasteiger partial charge in [-0.25, -0.2) is 0 Å². The van der Waals surface area contributed by atoms with Crippen molar-refractivity contribution >= 4 is 28.9 Å². The lowest BCUT2D eigenvalue weighted by Gasteiger charge is -2.29. The monoisotopic (exact) mass is 216 g/mol. The average Bonchev–Trinajstić information content (AvgIpc) is 2.03. The molecule has 0 aliphatic carbocycles. The fraction of sp³-hybridized carbons (Fsp3) is 0.333. The molecule has 1 aliphatic heterocycles. The predicted octanol–water partition coefficient (Wildman–Crippen LogP) is 2.38. The molecular weight excluding hydrogens is 207 g/mol. The Morgan fingerprint density at radius 1 is 1.31 bits per heavy atom. The molecule has 4 heteroatoms. The maximum atomic E-state index is 5.98. The van der Waals surface area contributed by atoms with Crippen molar-refractivity contribution in [3.8, 4) is 0 Å². The molecule has 1 aromatic carbocycles. The SMILES string of the molecule is Clc1ccc(Cl)c(NC2CNC2)c1. The molecule has 2 rings (SSSR count). The number of hydrogen-bond acceptors (Lipinski definition) is 2. The van der Waals surface area contributed by atoms with Gasteiger partial charge in [0.2, 0.25) is 0 Å². The molecular formula is C9H10Cl2N2. The van der Waals surface area contributed by atoms with Gasteiger partial charge in [0, 0.05) is 18.1 Å². The van der Waals surface area contributed by atoms with Crippen LogP contribution in [0.2, 0.25) is 10.0 Å². The van der Waals surface area contributed by atoms with Gasteiger partial charge >= 0.3 is 0 Å². The van der Waals surface area contributed by atoms with E-state index in [9.17, 15) is 0 Å². The Hall–Kier alpha value is -0.440. The maximum Gasteiger partial charge on any atom is 0.0638 e. The summed E-state index contributed by atoms with van der Waals surface area (Å²) in [7, 11) is 0. The van der Waals surface area contributed by atoms with E-state index in [2.05, 4.69) is 10.6 Å². The Bertz CT molecular complexity index is 310. The molecule has 2 N–H and O–H groups in total. The lowest BCUT2D eigenvalue weighted by Crippen LogP contribution is -2.51. The molecule has 13 heavy (non-hydrogen) atoms. The minimum atomic E-state index is 0.482. The van der Waals surface area contributed by atoms with Crippen molar-refractivity contribution in [3.05, 3.63) is 28.2 Å². The van der Waals surface area contributed by atoms with E-state index >= 15 is 0 Å². The van der Waals surface area contributed by atoms with Crippen LogP contribution in [0.4, 0.5) is 5.69 Å². The van der Waals surface area contributed by atoms with Gasteiger partial charge < -0.3 is 10.6 Å². The van der Waals surface area contributed by atoms with Gasteiger partial charge in [0.25, 0.3) is 0 Å². The highest BCUT2D eigenvalue weighted by Crippen LogP contribution is 2.26. The number of benzene rings is 1. The van der Waals surface area contributed by atoms with E-state index in [1.165, 1.54) is 0 Å². The van der Waals surface area contributed by atoms with E-state index in [1.807, 2.05) is 6.07 Å². The first-order valence-corrected chi connectivity index (χ1v) is 4.93. The van der Waals surface area contributed by atoms with Crippen LogP contribution in [0.3, 0.4) is 0 Å². The summed E-state index contributed by atoms with van der Waals surface area (Å²) in [5.74, 6) is 0. The van der Waals surface area contributed by atoms with Gasteiger partial charge in [-0.15, -0.1) is 0 Å². The predicted molar refractivity (Wildman–Crippen MR) is 56.7 cm³/mol. The second-order valence-corrected chi connectivity index (χ2v) is 3.97. The van der Waals surface area contributed by atoms with Crippen LogP contribution in [0, 0.1) is 0 Å². The molecule has 0 radical (unpaired) electrons. The zero-order valence-corrected chi connectivity index (χ0v) is 8.49. The Balaban J connectivity index is 2.13. The van der Waals surface area contributed by atoms with Crippen molar-refractivity contribution in [1.82, 2.24) is 5.32 Å². The summed E-state index contributed by atoms with van der Waals surface area (Å²) in [6, 6.07) is 5.92. The molecule has 1 heterocycles. The number of hydrogen-bond donors (Lipinski definition) is 2. The average molecular weight is 217 g/mol. The minimum absolute atomic E-state index is 0.482.